The van der Waals surface area contributed by atoms with Gasteiger partial charge in [-0.2, -0.15) is 0 Å². The first-order chi connectivity index (χ1) is 9.93. The fraction of sp³-hybridized carbons (Fsp3) is 0.400. The number of carbonyl (C=O) groups is 3. The van der Waals surface area contributed by atoms with Crippen LogP contribution in [0.5, 0.6) is 0 Å². The molecule has 0 aromatic heterocycles. The van der Waals surface area contributed by atoms with Gasteiger partial charge in [-0.15, -0.1) is 0 Å². The fourth-order valence-corrected chi connectivity index (χ4v) is 1.72. The number of hydrogen-bond donors (Lipinski definition) is 2. The van der Waals surface area contributed by atoms with Crippen LogP contribution in [-0.4, -0.2) is 31.1 Å². The van der Waals surface area contributed by atoms with E-state index in [1.54, 1.807) is 0 Å². The molecule has 0 saturated carbocycles. The van der Waals surface area contributed by atoms with Crippen molar-refractivity contribution in [2.45, 2.75) is 32.3 Å². The van der Waals surface area contributed by atoms with Crippen LogP contribution in [0.1, 0.15) is 31.7 Å². The molecule has 114 valence electrons. The number of urea groups is 1. The zero-order valence-electron chi connectivity index (χ0n) is 12.4. The Labute approximate surface area is 123 Å². The predicted octanol–water partition coefficient (Wildman–Crippen LogP) is 1.57. The van der Waals surface area contributed by atoms with E-state index in [1.807, 2.05) is 37.3 Å². The van der Waals surface area contributed by atoms with Crippen LogP contribution in [0.25, 0.3) is 0 Å². The van der Waals surface area contributed by atoms with Gasteiger partial charge in [0.2, 0.25) is 0 Å². The second kappa shape index (κ2) is 8.04. The maximum atomic E-state index is 11.8. The van der Waals surface area contributed by atoms with Crippen molar-refractivity contribution in [1.82, 2.24) is 10.6 Å². The van der Waals surface area contributed by atoms with Crippen molar-refractivity contribution >= 4 is 17.9 Å². The monoisotopic (exact) mass is 292 g/mol. The molecule has 0 spiro atoms. The minimum absolute atomic E-state index is 0.00657. The largest absolute Gasteiger partial charge is 0.453 e. The highest BCUT2D eigenvalue weighted by molar-refractivity contribution is 5.97. The Bertz CT molecular complexity index is 502. The molecule has 1 rings (SSSR count). The Balaban J connectivity index is 2.46. The lowest BCUT2D eigenvalue weighted by molar-refractivity contribution is -0.154. The van der Waals surface area contributed by atoms with Crippen LogP contribution in [0.15, 0.2) is 30.3 Å². The minimum Gasteiger partial charge on any atom is -0.453 e. The molecule has 21 heavy (non-hydrogen) atoms. The lowest BCUT2D eigenvalue weighted by Crippen LogP contribution is -2.43. The summed E-state index contributed by atoms with van der Waals surface area (Å²) in [6.07, 6.45) is -0.848. The summed E-state index contributed by atoms with van der Waals surface area (Å²) in [6, 6.07) is 8.92. The summed E-state index contributed by atoms with van der Waals surface area (Å²) in [4.78, 5) is 34.3. The number of carbonyl (C=O) groups excluding carboxylic acids is 3. The van der Waals surface area contributed by atoms with Gasteiger partial charge in [-0.1, -0.05) is 37.3 Å². The van der Waals surface area contributed by atoms with E-state index in [-0.39, 0.29) is 12.3 Å². The van der Waals surface area contributed by atoms with Crippen molar-refractivity contribution in [2.24, 2.45) is 0 Å². The first-order valence-electron chi connectivity index (χ1n) is 6.71. The summed E-state index contributed by atoms with van der Waals surface area (Å²) in [5.74, 6) is -1.14. The van der Waals surface area contributed by atoms with E-state index in [2.05, 4.69) is 10.6 Å². The summed E-state index contributed by atoms with van der Waals surface area (Å²) >= 11 is 0. The number of ether oxygens (including phenoxy) is 1. The standard InChI is InChI=1S/C15H20N2O4/c1-10(12-7-5-4-6-8-12)9-13(18)21-11(2)14(19)17-15(20)16-3/h4-8,10-11H,9H2,1-3H3,(H2,16,17,19,20)/t10-,11+/m0/s1. The lowest BCUT2D eigenvalue weighted by atomic mass is 9.98. The van der Waals surface area contributed by atoms with Crippen LogP contribution >= 0.6 is 0 Å². The molecule has 0 aliphatic rings. The molecule has 0 unspecified atom stereocenters. The van der Waals surface area contributed by atoms with E-state index < -0.39 is 24.0 Å². The molecular formula is C15H20N2O4. The maximum Gasteiger partial charge on any atom is 0.321 e. The van der Waals surface area contributed by atoms with Gasteiger partial charge in [0, 0.05) is 7.05 Å². The quantitative estimate of drug-likeness (QED) is 0.807. The molecule has 3 amide bonds. The van der Waals surface area contributed by atoms with Gasteiger partial charge in [-0.25, -0.2) is 4.79 Å². The van der Waals surface area contributed by atoms with Crippen LogP contribution < -0.4 is 10.6 Å². The molecule has 6 heteroatoms. The molecule has 0 saturated heterocycles. The molecule has 0 fully saturated rings. The normalized spacial score (nSPS) is 12.9. The third-order valence-corrected chi connectivity index (χ3v) is 2.98. The highest BCUT2D eigenvalue weighted by Gasteiger charge is 2.21. The van der Waals surface area contributed by atoms with Gasteiger partial charge < -0.3 is 10.1 Å². The Morgan fingerprint density at radius 2 is 1.76 bits per heavy atom. The van der Waals surface area contributed by atoms with Crippen molar-refractivity contribution in [1.29, 1.82) is 0 Å². The van der Waals surface area contributed by atoms with Crippen molar-refractivity contribution in [2.75, 3.05) is 7.05 Å². The zero-order chi connectivity index (χ0) is 15.8. The molecule has 0 bridgehead atoms. The van der Waals surface area contributed by atoms with Gasteiger partial charge in [0.25, 0.3) is 5.91 Å². The first-order valence-corrected chi connectivity index (χ1v) is 6.71. The number of benzene rings is 1. The maximum absolute atomic E-state index is 11.8. The molecule has 2 N–H and O–H groups in total. The lowest BCUT2D eigenvalue weighted by Gasteiger charge is -2.15. The third-order valence-electron chi connectivity index (χ3n) is 2.98. The van der Waals surface area contributed by atoms with Crippen LogP contribution in [-0.2, 0) is 14.3 Å². The molecule has 2 atom stereocenters. The van der Waals surface area contributed by atoms with Crippen LogP contribution in [0.3, 0.4) is 0 Å². The zero-order valence-corrected chi connectivity index (χ0v) is 12.4. The van der Waals surface area contributed by atoms with Gasteiger partial charge in [-0.05, 0) is 18.4 Å². The summed E-state index contributed by atoms with van der Waals surface area (Å²) in [7, 11) is 1.39. The topological polar surface area (TPSA) is 84.5 Å². The molecule has 0 radical (unpaired) electrons. The first kappa shape index (κ1) is 16.7. The molecule has 0 aliphatic carbocycles. The van der Waals surface area contributed by atoms with Gasteiger partial charge in [0.15, 0.2) is 6.10 Å². The van der Waals surface area contributed by atoms with Gasteiger partial charge >= 0.3 is 12.0 Å². The predicted molar refractivity (Wildman–Crippen MR) is 77.6 cm³/mol. The van der Waals surface area contributed by atoms with E-state index in [1.165, 1.54) is 14.0 Å². The number of nitrogens with one attached hydrogen (secondary N) is 2. The number of hydrogen-bond acceptors (Lipinski definition) is 4. The number of rotatable bonds is 5. The highest BCUT2D eigenvalue weighted by Crippen LogP contribution is 2.19. The summed E-state index contributed by atoms with van der Waals surface area (Å²) in [5.41, 5.74) is 1.02. The SMILES string of the molecule is CNC(=O)NC(=O)[C@@H](C)OC(=O)C[C@H](C)c1ccccc1. The molecule has 0 aliphatic heterocycles. The number of esters is 1. The Morgan fingerprint density at radius 1 is 1.14 bits per heavy atom. The van der Waals surface area contributed by atoms with E-state index in [0.29, 0.717) is 0 Å². The molecule has 6 nitrogen and oxygen atoms in total. The van der Waals surface area contributed by atoms with Crippen molar-refractivity contribution in [3.05, 3.63) is 35.9 Å². The van der Waals surface area contributed by atoms with Crippen molar-refractivity contribution < 1.29 is 19.1 Å². The average molecular weight is 292 g/mol. The second-order valence-corrected chi connectivity index (χ2v) is 4.72. The number of amides is 3. The molecular weight excluding hydrogens is 272 g/mol. The summed E-state index contributed by atoms with van der Waals surface area (Å²) in [5, 5.41) is 4.30. The highest BCUT2D eigenvalue weighted by atomic mass is 16.5. The minimum atomic E-state index is -1.02. The summed E-state index contributed by atoms with van der Waals surface area (Å²) in [6.45, 7) is 3.33. The molecule has 1 aromatic rings. The van der Waals surface area contributed by atoms with E-state index in [4.69, 9.17) is 4.74 Å². The second-order valence-electron chi connectivity index (χ2n) is 4.72. The van der Waals surface area contributed by atoms with Gasteiger partial charge in [-0.3, -0.25) is 14.9 Å². The Kier molecular flexibility index (Phi) is 6.39. The van der Waals surface area contributed by atoms with E-state index in [9.17, 15) is 14.4 Å². The van der Waals surface area contributed by atoms with Crippen molar-refractivity contribution in [3.63, 3.8) is 0 Å². The van der Waals surface area contributed by atoms with Crippen LogP contribution in [0.2, 0.25) is 0 Å². The Hall–Kier alpha value is -2.37. The van der Waals surface area contributed by atoms with Crippen molar-refractivity contribution in [3.8, 4) is 0 Å². The van der Waals surface area contributed by atoms with E-state index >= 15 is 0 Å². The van der Waals surface area contributed by atoms with Gasteiger partial charge in [0.05, 0.1) is 6.42 Å². The third kappa shape index (κ3) is 5.64. The fourth-order valence-electron chi connectivity index (χ4n) is 1.72. The molecule has 1 aromatic carbocycles. The molecule has 0 heterocycles. The van der Waals surface area contributed by atoms with E-state index in [0.717, 1.165) is 5.56 Å². The van der Waals surface area contributed by atoms with Gasteiger partial charge in [0.1, 0.15) is 0 Å². The number of imide groups is 1. The van der Waals surface area contributed by atoms with Crippen LogP contribution in [0, 0.1) is 0 Å². The summed E-state index contributed by atoms with van der Waals surface area (Å²) < 4.78 is 5.02. The smallest absolute Gasteiger partial charge is 0.321 e. The Morgan fingerprint density at radius 3 is 2.33 bits per heavy atom. The van der Waals surface area contributed by atoms with Crippen LogP contribution in [0.4, 0.5) is 4.79 Å². The average Bonchev–Trinajstić information content (AvgIpc) is 2.47.